The van der Waals surface area contributed by atoms with Crippen LogP contribution in [0.2, 0.25) is 0 Å². The average Bonchev–Trinajstić information content (AvgIpc) is 2.89. The molecule has 0 aliphatic heterocycles. The van der Waals surface area contributed by atoms with Crippen molar-refractivity contribution < 1.29 is 9.18 Å². The van der Waals surface area contributed by atoms with Crippen LogP contribution >= 0.6 is 11.6 Å². The summed E-state index contributed by atoms with van der Waals surface area (Å²) in [5, 5.41) is -0.652. The molecule has 0 radical (unpaired) electrons. The number of alkyl halides is 2. The van der Waals surface area contributed by atoms with Crippen molar-refractivity contribution in [3.63, 3.8) is 0 Å². The van der Waals surface area contributed by atoms with Crippen molar-refractivity contribution in [2.75, 3.05) is 0 Å². The lowest BCUT2D eigenvalue weighted by Crippen LogP contribution is -2.54. The van der Waals surface area contributed by atoms with Gasteiger partial charge in [0.25, 0.3) is 0 Å². The van der Waals surface area contributed by atoms with Gasteiger partial charge in [0.1, 0.15) is 0 Å². The van der Waals surface area contributed by atoms with Crippen LogP contribution in [0.25, 0.3) is 0 Å². The first-order chi connectivity index (χ1) is 11.3. The normalized spacial score (nSPS) is 53.9. The Balaban J connectivity index is 1.70. The molecule has 0 aromatic carbocycles. The third kappa shape index (κ3) is 2.07. The number of fused-ring (bicyclic) bond motifs is 5. The first kappa shape index (κ1) is 17.1. The molecule has 24 heavy (non-hydrogen) atoms. The van der Waals surface area contributed by atoms with E-state index >= 15 is 0 Å². The molecule has 1 nitrogen and oxygen atoms in total. The lowest BCUT2D eigenvalue weighted by Gasteiger charge is -2.58. The minimum atomic E-state index is -1.47. The highest BCUT2D eigenvalue weighted by atomic mass is 35.5. The van der Waals surface area contributed by atoms with Crippen LogP contribution in [0.4, 0.5) is 4.39 Å². The molecule has 4 aliphatic rings. The number of carbonyl (C=O) groups excluding carboxylic acids is 1. The molecule has 0 amide bonds. The molecule has 0 N–H and O–H groups in total. The maximum Gasteiger partial charge on any atom is 0.188 e. The number of halogens is 2. The lowest BCUT2D eigenvalue weighted by atomic mass is 9.47. The van der Waals surface area contributed by atoms with E-state index in [0.29, 0.717) is 23.7 Å². The van der Waals surface area contributed by atoms with E-state index in [4.69, 9.17) is 11.6 Å². The Kier molecular flexibility index (Phi) is 3.95. The summed E-state index contributed by atoms with van der Waals surface area (Å²) in [6.07, 6.45) is 8.63. The van der Waals surface area contributed by atoms with Gasteiger partial charge in [-0.05, 0) is 78.6 Å². The number of hydrogen-bond acceptors (Lipinski definition) is 1. The summed E-state index contributed by atoms with van der Waals surface area (Å²) in [5.41, 5.74) is 1.02. The van der Waals surface area contributed by atoms with Crippen molar-refractivity contribution >= 4 is 17.4 Å². The SMILES string of the molecule is CC[C@H]1CC[C@H]2[C@@H]3CC=C4[C@H](F)C(=O)C(Cl)C[C@]4(C)[C@H]3CC[C@]12C. The summed E-state index contributed by atoms with van der Waals surface area (Å²) in [4.78, 5) is 12.0. The number of hydrogen-bond donors (Lipinski definition) is 0. The van der Waals surface area contributed by atoms with Crippen molar-refractivity contribution in [2.24, 2.45) is 34.5 Å². The van der Waals surface area contributed by atoms with E-state index in [0.717, 1.165) is 23.8 Å². The molecule has 3 saturated carbocycles. The van der Waals surface area contributed by atoms with Gasteiger partial charge in [0.2, 0.25) is 0 Å². The number of ketones is 1. The van der Waals surface area contributed by atoms with Crippen molar-refractivity contribution in [3.05, 3.63) is 11.6 Å². The molecule has 4 rings (SSSR count). The Bertz CT molecular complexity index is 586. The number of rotatable bonds is 1. The van der Waals surface area contributed by atoms with Crippen LogP contribution in [0.1, 0.15) is 65.7 Å². The molecular formula is C21H30ClFO. The predicted octanol–water partition coefficient (Wildman–Crippen LogP) is 5.71. The maximum absolute atomic E-state index is 14.7. The van der Waals surface area contributed by atoms with Crippen molar-refractivity contribution in [1.29, 1.82) is 0 Å². The van der Waals surface area contributed by atoms with Gasteiger partial charge in [0, 0.05) is 0 Å². The monoisotopic (exact) mass is 352 g/mol. The second kappa shape index (κ2) is 5.56. The van der Waals surface area contributed by atoms with Crippen LogP contribution in [0.3, 0.4) is 0 Å². The molecule has 4 aliphatic carbocycles. The quantitative estimate of drug-likeness (QED) is 0.436. The number of Topliss-reactive ketones (excluding diaryl/α,β-unsaturated/α-hetero) is 1. The van der Waals surface area contributed by atoms with Crippen molar-refractivity contribution in [3.8, 4) is 0 Å². The van der Waals surface area contributed by atoms with Crippen molar-refractivity contribution in [2.45, 2.75) is 77.3 Å². The second-order valence-electron chi connectivity index (χ2n) is 9.35. The van der Waals surface area contributed by atoms with E-state index in [1.807, 2.05) is 0 Å². The first-order valence-electron chi connectivity index (χ1n) is 9.85. The Morgan fingerprint density at radius 1 is 1.25 bits per heavy atom. The topological polar surface area (TPSA) is 17.1 Å². The van der Waals surface area contributed by atoms with Gasteiger partial charge in [-0.25, -0.2) is 4.39 Å². The van der Waals surface area contributed by atoms with E-state index in [-0.39, 0.29) is 5.41 Å². The minimum Gasteiger partial charge on any atom is -0.294 e. The highest BCUT2D eigenvalue weighted by Gasteiger charge is 2.60. The molecule has 1 unspecified atom stereocenters. The zero-order valence-corrected chi connectivity index (χ0v) is 15.9. The van der Waals surface area contributed by atoms with Crippen LogP contribution < -0.4 is 0 Å². The largest absolute Gasteiger partial charge is 0.294 e. The van der Waals surface area contributed by atoms with Crippen LogP contribution in [-0.2, 0) is 4.79 Å². The van der Waals surface area contributed by atoms with Crippen LogP contribution in [0.5, 0.6) is 0 Å². The van der Waals surface area contributed by atoms with Gasteiger partial charge >= 0.3 is 0 Å². The summed E-state index contributed by atoms with van der Waals surface area (Å²) < 4.78 is 14.7. The van der Waals surface area contributed by atoms with E-state index in [9.17, 15) is 9.18 Å². The fraction of sp³-hybridized carbons (Fsp3) is 0.857. The predicted molar refractivity (Wildman–Crippen MR) is 95.8 cm³/mol. The summed E-state index contributed by atoms with van der Waals surface area (Å²) in [7, 11) is 0. The van der Waals surface area contributed by atoms with Gasteiger partial charge < -0.3 is 0 Å². The number of allylic oxidation sites excluding steroid dienone is 2. The molecule has 0 bridgehead atoms. The molecule has 8 atom stereocenters. The zero-order chi connectivity index (χ0) is 17.3. The summed E-state index contributed by atoms with van der Waals surface area (Å²) in [6, 6.07) is 0. The average molecular weight is 353 g/mol. The Hall–Kier alpha value is -0.370. The van der Waals surface area contributed by atoms with Gasteiger partial charge in [-0.15, -0.1) is 11.6 Å². The third-order valence-electron chi connectivity index (χ3n) is 8.65. The molecule has 0 heterocycles. The van der Waals surface area contributed by atoms with Crippen LogP contribution in [0, 0.1) is 34.5 Å². The molecule has 0 aromatic rings. The Morgan fingerprint density at radius 2 is 2.00 bits per heavy atom. The van der Waals surface area contributed by atoms with Gasteiger partial charge in [-0.1, -0.05) is 33.3 Å². The van der Waals surface area contributed by atoms with Gasteiger partial charge in [-0.3, -0.25) is 4.79 Å². The molecular weight excluding hydrogens is 323 g/mol. The molecule has 134 valence electrons. The minimum absolute atomic E-state index is 0.214. The third-order valence-corrected chi connectivity index (χ3v) is 9.02. The van der Waals surface area contributed by atoms with Crippen LogP contribution in [-0.4, -0.2) is 17.3 Å². The van der Waals surface area contributed by atoms with Gasteiger partial charge in [-0.2, -0.15) is 0 Å². The summed E-state index contributed by atoms with van der Waals surface area (Å²) >= 11 is 6.27. The van der Waals surface area contributed by atoms with Gasteiger partial charge in [0.15, 0.2) is 12.0 Å². The lowest BCUT2D eigenvalue weighted by molar-refractivity contribution is -0.127. The maximum atomic E-state index is 14.7. The standard InChI is InChI=1S/C21H30ClFO/c1-4-12-5-7-14-13-6-8-16-18(23)19(24)17(22)11-21(16,3)15(13)9-10-20(12,14)2/h8,12-15,17-18H,4-7,9-11H2,1-3H3/t12-,13-,14-,15-,17?,18-,20+,21+/m0/s1. The van der Waals surface area contributed by atoms with Crippen molar-refractivity contribution in [1.82, 2.24) is 0 Å². The Morgan fingerprint density at radius 3 is 2.71 bits per heavy atom. The van der Waals surface area contributed by atoms with E-state index < -0.39 is 17.3 Å². The number of carbonyl (C=O) groups is 1. The molecule has 3 heteroatoms. The zero-order valence-electron chi connectivity index (χ0n) is 15.2. The summed E-state index contributed by atoms with van der Waals surface area (Å²) in [6.45, 7) is 7.05. The van der Waals surface area contributed by atoms with E-state index in [2.05, 4.69) is 26.8 Å². The molecule has 0 saturated heterocycles. The van der Waals surface area contributed by atoms with E-state index in [1.165, 1.54) is 32.1 Å². The molecule has 0 aromatic heterocycles. The molecule has 3 fully saturated rings. The second-order valence-corrected chi connectivity index (χ2v) is 9.88. The molecule has 0 spiro atoms. The Labute approximate surface area is 150 Å². The van der Waals surface area contributed by atoms with Gasteiger partial charge in [0.05, 0.1) is 5.38 Å². The fourth-order valence-corrected chi connectivity index (χ4v) is 7.78. The first-order valence-corrected chi connectivity index (χ1v) is 10.3. The highest BCUT2D eigenvalue weighted by Crippen LogP contribution is 2.66. The highest BCUT2D eigenvalue weighted by molar-refractivity contribution is 6.32. The summed E-state index contributed by atoms with van der Waals surface area (Å²) in [5.74, 6) is 2.35. The fourth-order valence-electron chi connectivity index (χ4n) is 7.34. The van der Waals surface area contributed by atoms with E-state index in [1.54, 1.807) is 0 Å². The smallest absolute Gasteiger partial charge is 0.188 e. The van der Waals surface area contributed by atoms with Crippen LogP contribution in [0.15, 0.2) is 11.6 Å².